The van der Waals surface area contributed by atoms with Gasteiger partial charge in [0.25, 0.3) is 5.69 Å². The van der Waals surface area contributed by atoms with Crippen LogP contribution in [-0.4, -0.2) is 38.3 Å². The van der Waals surface area contributed by atoms with Gasteiger partial charge >= 0.3 is 12.2 Å². The molecule has 0 spiro atoms. The third-order valence-corrected chi connectivity index (χ3v) is 3.11. The van der Waals surface area contributed by atoms with E-state index in [1.165, 1.54) is 24.4 Å². The molecule has 0 saturated carbocycles. The number of ether oxygens (including phenoxy) is 2. The fraction of sp³-hybridized carbons (Fsp3) is 0.444. The van der Waals surface area contributed by atoms with E-state index in [-0.39, 0.29) is 11.6 Å². The molecule has 0 N–H and O–H groups in total. The number of imide groups is 1. The Morgan fingerprint density at radius 3 is 2.04 bits per heavy atom. The van der Waals surface area contributed by atoms with Crippen LogP contribution in [0.25, 0.3) is 10.9 Å². The number of hydrogen-bond acceptors (Lipinski definition) is 8. The first-order chi connectivity index (χ1) is 12.8. The highest BCUT2D eigenvalue weighted by atomic mass is 16.6. The van der Waals surface area contributed by atoms with Crippen LogP contribution in [0.4, 0.5) is 21.2 Å². The van der Waals surface area contributed by atoms with E-state index < -0.39 is 28.3 Å². The van der Waals surface area contributed by atoms with E-state index in [0.717, 1.165) is 0 Å². The number of fused-ring (bicyclic) bond motifs is 1. The fourth-order valence-electron chi connectivity index (χ4n) is 2.09. The summed E-state index contributed by atoms with van der Waals surface area (Å²) < 4.78 is 10.5. The minimum atomic E-state index is -0.997. The fourth-order valence-corrected chi connectivity index (χ4v) is 2.09. The van der Waals surface area contributed by atoms with Gasteiger partial charge in [-0.05, 0) is 47.6 Å². The summed E-state index contributed by atoms with van der Waals surface area (Å²) in [6.07, 6.45) is -0.710. The Balaban J connectivity index is 2.49. The van der Waals surface area contributed by atoms with Crippen molar-refractivity contribution in [3.05, 3.63) is 34.5 Å². The van der Waals surface area contributed by atoms with Crippen LogP contribution in [0, 0.1) is 10.1 Å². The highest BCUT2D eigenvalue weighted by Crippen LogP contribution is 2.23. The van der Waals surface area contributed by atoms with Crippen LogP contribution in [0.5, 0.6) is 0 Å². The van der Waals surface area contributed by atoms with Gasteiger partial charge in [0.1, 0.15) is 11.2 Å². The number of nitrogens with zero attached hydrogens (tertiary/aromatic N) is 4. The molecule has 150 valence electrons. The van der Waals surface area contributed by atoms with Crippen molar-refractivity contribution in [2.24, 2.45) is 0 Å². The van der Waals surface area contributed by atoms with Crippen LogP contribution in [0.1, 0.15) is 41.5 Å². The molecule has 0 bridgehead atoms. The second-order valence-corrected chi connectivity index (χ2v) is 7.97. The smallest absolute Gasteiger partial charge is 0.427 e. The number of benzene rings is 1. The van der Waals surface area contributed by atoms with Crippen molar-refractivity contribution < 1.29 is 24.0 Å². The number of amides is 2. The molecule has 0 atom stereocenters. The second-order valence-electron chi connectivity index (χ2n) is 7.97. The molecule has 10 heteroatoms. The van der Waals surface area contributed by atoms with E-state index in [1.807, 2.05) is 0 Å². The molecule has 0 unspecified atom stereocenters. The molecule has 28 heavy (non-hydrogen) atoms. The molecule has 2 aromatic rings. The first kappa shape index (κ1) is 21.0. The third kappa shape index (κ3) is 5.35. The number of non-ortho nitro benzene ring substituents is 1. The van der Waals surface area contributed by atoms with Crippen LogP contribution in [-0.2, 0) is 9.47 Å². The lowest BCUT2D eigenvalue weighted by Crippen LogP contribution is -2.44. The van der Waals surface area contributed by atoms with Gasteiger partial charge in [0.05, 0.1) is 10.4 Å². The van der Waals surface area contributed by atoms with Crippen molar-refractivity contribution >= 4 is 34.7 Å². The average molecular weight is 390 g/mol. The zero-order valence-corrected chi connectivity index (χ0v) is 16.5. The van der Waals surface area contributed by atoms with Gasteiger partial charge in [0.15, 0.2) is 0 Å². The summed E-state index contributed by atoms with van der Waals surface area (Å²) in [4.78, 5) is 44.3. The molecule has 0 aliphatic rings. The molecule has 0 aliphatic carbocycles. The molecule has 2 amide bonds. The quantitative estimate of drug-likeness (QED) is 0.551. The number of anilines is 1. The van der Waals surface area contributed by atoms with E-state index in [2.05, 4.69) is 9.97 Å². The Kier molecular flexibility index (Phi) is 5.53. The first-order valence-corrected chi connectivity index (χ1v) is 8.44. The third-order valence-electron chi connectivity index (χ3n) is 3.11. The number of hydrogen-bond donors (Lipinski definition) is 0. The Bertz CT molecular complexity index is 902. The standard InChI is InChI=1S/C18H22N4O6/c1-17(2,3)27-15(23)21(16(24)28-18(4,5)6)14-19-10-11-9-12(22(25)26)7-8-13(11)20-14/h7-10H,1-6H3. The second kappa shape index (κ2) is 7.37. The molecule has 1 aromatic heterocycles. The van der Waals surface area contributed by atoms with E-state index in [4.69, 9.17) is 9.47 Å². The molecule has 0 saturated heterocycles. The minimum Gasteiger partial charge on any atom is -0.443 e. The normalized spacial score (nSPS) is 11.8. The van der Waals surface area contributed by atoms with Crippen LogP contribution in [0.3, 0.4) is 0 Å². The maximum absolute atomic E-state index is 12.6. The van der Waals surface area contributed by atoms with E-state index in [1.54, 1.807) is 41.5 Å². The minimum absolute atomic E-state index is 0.125. The van der Waals surface area contributed by atoms with Crippen LogP contribution < -0.4 is 4.90 Å². The van der Waals surface area contributed by atoms with Gasteiger partial charge in [0, 0.05) is 23.7 Å². The highest BCUT2D eigenvalue weighted by molar-refractivity contribution is 6.08. The molecule has 1 aromatic carbocycles. The van der Waals surface area contributed by atoms with Crippen LogP contribution >= 0.6 is 0 Å². The summed E-state index contributed by atoms with van der Waals surface area (Å²) in [5.74, 6) is -0.259. The van der Waals surface area contributed by atoms with Gasteiger partial charge < -0.3 is 9.47 Å². The monoisotopic (exact) mass is 390 g/mol. The average Bonchev–Trinajstić information content (AvgIpc) is 2.50. The first-order valence-electron chi connectivity index (χ1n) is 8.44. The molecule has 1 heterocycles. The molecule has 0 aliphatic heterocycles. The van der Waals surface area contributed by atoms with Crippen molar-refractivity contribution in [2.45, 2.75) is 52.7 Å². The zero-order valence-electron chi connectivity index (χ0n) is 16.5. The summed E-state index contributed by atoms with van der Waals surface area (Å²) in [5.41, 5.74) is -1.54. The van der Waals surface area contributed by atoms with Crippen molar-refractivity contribution in [3.63, 3.8) is 0 Å². The Labute approximate surface area is 161 Å². The Morgan fingerprint density at radius 1 is 1.04 bits per heavy atom. The lowest BCUT2D eigenvalue weighted by molar-refractivity contribution is -0.384. The maximum Gasteiger partial charge on any atom is 0.427 e. The predicted molar refractivity (Wildman–Crippen MR) is 101 cm³/mol. The summed E-state index contributed by atoms with van der Waals surface area (Å²) in [6, 6.07) is 3.97. The number of rotatable bonds is 2. The van der Waals surface area contributed by atoms with E-state index in [0.29, 0.717) is 15.8 Å². The van der Waals surface area contributed by atoms with Gasteiger partial charge in [-0.3, -0.25) is 10.1 Å². The lowest BCUT2D eigenvalue weighted by Gasteiger charge is -2.27. The molecule has 2 rings (SSSR count). The molecular formula is C18H22N4O6. The topological polar surface area (TPSA) is 125 Å². The molecule has 0 radical (unpaired) electrons. The Morgan fingerprint density at radius 2 is 1.57 bits per heavy atom. The van der Waals surface area contributed by atoms with E-state index in [9.17, 15) is 19.7 Å². The molecule has 10 nitrogen and oxygen atoms in total. The summed E-state index contributed by atoms with van der Waals surface area (Å²) >= 11 is 0. The van der Waals surface area contributed by atoms with Gasteiger partial charge in [-0.25, -0.2) is 19.6 Å². The predicted octanol–water partition coefficient (Wildman–Crippen LogP) is 4.21. The highest BCUT2D eigenvalue weighted by Gasteiger charge is 2.34. The van der Waals surface area contributed by atoms with E-state index >= 15 is 0 Å². The van der Waals surface area contributed by atoms with Crippen molar-refractivity contribution in [3.8, 4) is 0 Å². The van der Waals surface area contributed by atoms with Gasteiger partial charge in [-0.1, -0.05) is 0 Å². The number of carbonyl (C=O) groups excluding carboxylic acids is 2. The van der Waals surface area contributed by atoms with Gasteiger partial charge in [-0.15, -0.1) is 4.90 Å². The molecular weight excluding hydrogens is 368 g/mol. The largest absolute Gasteiger partial charge is 0.443 e. The van der Waals surface area contributed by atoms with Crippen LogP contribution in [0.2, 0.25) is 0 Å². The number of nitro benzene ring substituents is 1. The summed E-state index contributed by atoms with van der Waals surface area (Å²) in [7, 11) is 0. The van der Waals surface area contributed by atoms with Gasteiger partial charge in [0.2, 0.25) is 5.95 Å². The van der Waals surface area contributed by atoms with Crippen molar-refractivity contribution in [1.82, 2.24) is 9.97 Å². The number of nitro groups is 1. The summed E-state index contributed by atoms with van der Waals surface area (Å²) in [5, 5.41) is 11.3. The zero-order chi connectivity index (χ0) is 21.3. The number of aromatic nitrogens is 2. The van der Waals surface area contributed by atoms with Crippen molar-refractivity contribution in [2.75, 3.05) is 4.90 Å². The lowest BCUT2D eigenvalue weighted by atomic mass is 10.2. The van der Waals surface area contributed by atoms with Crippen LogP contribution in [0.15, 0.2) is 24.4 Å². The SMILES string of the molecule is CC(C)(C)OC(=O)N(C(=O)OC(C)(C)C)c1ncc2cc([N+](=O)[O-])ccc2n1. The Hall–Kier alpha value is -3.30. The number of carbonyl (C=O) groups is 2. The summed E-state index contributed by atoms with van der Waals surface area (Å²) in [6.45, 7) is 9.91. The van der Waals surface area contributed by atoms with Crippen molar-refractivity contribution in [1.29, 1.82) is 0 Å². The van der Waals surface area contributed by atoms with Gasteiger partial charge in [-0.2, -0.15) is 0 Å². The molecule has 0 fully saturated rings. The maximum atomic E-state index is 12.6.